The molecule has 0 radical (unpaired) electrons. The number of rotatable bonds is 6. The van der Waals surface area contributed by atoms with E-state index in [1.165, 1.54) is 45.2 Å². The Balaban J connectivity index is 0.000000232. The number of nitrogens with two attached hydrogens (primary N) is 2. The summed E-state index contributed by atoms with van der Waals surface area (Å²) < 4.78 is 0. The van der Waals surface area contributed by atoms with Gasteiger partial charge in [-0.2, -0.15) is 0 Å². The van der Waals surface area contributed by atoms with Crippen LogP contribution in [0.2, 0.25) is 0 Å². The van der Waals surface area contributed by atoms with Crippen LogP contribution in [0, 0.1) is 11.3 Å². The summed E-state index contributed by atoms with van der Waals surface area (Å²) in [7, 11) is 2.24. The normalized spacial score (nSPS) is 29.2. The highest BCUT2D eigenvalue weighted by molar-refractivity contribution is 5.78. The van der Waals surface area contributed by atoms with Crippen LogP contribution in [0.25, 0.3) is 0 Å². The quantitative estimate of drug-likeness (QED) is 0.737. The van der Waals surface area contributed by atoms with Gasteiger partial charge in [-0.05, 0) is 83.8 Å². The minimum atomic E-state index is 0.279. The molecule has 1 atom stereocenters. The summed E-state index contributed by atoms with van der Waals surface area (Å²) in [5.41, 5.74) is 11.9. The minimum absolute atomic E-state index is 0.279. The molecule has 2 fully saturated rings. The Bertz CT molecular complexity index is 338. The predicted molar refractivity (Wildman–Crippen MR) is 98.4 cm³/mol. The van der Waals surface area contributed by atoms with Gasteiger partial charge >= 0.3 is 0 Å². The Hall–Kier alpha value is -0.450. The molecule has 2 rings (SSSR count). The summed E-state index contributed by atoms with van der Waals surface area (Å²) in [5.74, 6) is 0.603. The zero-order valence-corrected chi connectivity index (χ0v) is 15.7. The largest absolute Gasteiger partial charge is 0.330 e. The van der Waals surface area contributed by atoms with Gasteiger partial charge in [0.1, 0.15) is 5.78 Å². The maximum absolute atomic E-state index is 10.9. The number of Topliss-reactive ketones (excluding diaryl/α,β-unsaturated/α-hetero) is 1. The summed E-state index contributed by atoms with van der Waals surface area (Å²) in [6, 6.07) is 0.501. The van der Waals surface area contributed by atoms with Crippen molar-refractivity contribution in [3.63, 3.8) is 0 Å². The lowest BCUT2D eigenvalue weighted by atomic mass is 9.72. The van der Waals surface area contributed by atoms with E-state index >= 15 is 0 Å². The Morgan fingerprint density at radius 1 is 1.26 bits per heavy atom. The first-order valence-corrected chi connectivity index (χ1v) is 9.57. The smallest absolute Gasteiger partial charge is 0.132 e. The van der Waals surface area contributed by atoms with E-state index in [9.17, 15) is 4.79 Å². The lowest BCUT2D eigenvalue weighted by molar-refractivity contribution is -0.121. The van der Waals surface area contributed by atoms with Crippen molar-refractivity contribution in [3.8, 4) is 0 Å². The van der Waals surface area contributed by atoms with Crippen LogP contribution in [0.1, 0.15) is 71.6 Å². The molecule has 4 nitrogen and oxygen atoms in total. The molecule has 4 N–H and O–H groups in total. The Labute approximate surface area is 143 Å². The average Bonchev–Trinajstić information content (AvgIpc) is 2.88. The van der Waals surface area contributed by atoms with Crippen molar-refractivity contribution in [2.24, 2.45) is 22.8 Å². The molecule has 1 heterocycles. The lowest BCUT2D eigenvalue weighted by Gasteiger charge is -2.35. The number of likely N-dealkylation sites (tertiary alicyclic amines) is 1. The average molecular weight is 326 g/mol. The van der Waals surface area contributed by atoms with Gasteiger partial charge in [0, 0.05) is 18.5 Å². The van der Waals surface area contributed by atoms with Crippen LogP contribution in [0.5, 0.6) is 0 Å². The molecule has 2 aliphatic rings. The first-order chi connectivity index (χ1) is 10.9. The number of hydrogen-bond donors (Lipinski definition) is 2. The van der Waals surface area contributed by atoms with Crippen LogP contribution in [-0.4, -0.2) is 43.4 Å². The van der Waals surface area contributed by atoms with E-state index in [0.717, 1.165) is 32.2 Å². The van der Waals surface area contributed by atoms with Crippen LogP contribution < -0.4 is 11.5 Å². The van der Waals surface area contributed by atoms with Crippen molar-refractivity contribution < 1.29 is 4.79 Å². The van der Waals surface area contributed by atoms with Gasteiger partial charge in [0.15, 0.2) is 0 Å². The van der Waals surface area contributed by atoms with Gasteiger partial charge in [-0.3, -0.25) is 4.79 Å². The first kappa shape index (κ1) is 20.6. The van der Waals surface area contributed by atoms with E-state index in [1.54, 1.807) is 6.92 Å². The van der Waals surface area contributed by atoms with Gasteiger partial charge in [0.2, 0.25) is 0 Å². The van der Waals surface area contributed by atoms with Crippen molar-refractivity contribution >= 4 is 5.78 Å². The number of ketones is 1. The number of carbonyl (C=O) groups is 1. The molecule has 0 aromatic rings. The molecule has 0 bridgehead atoms. The van der Waals surface area contributed by atoms with Crippen molar-refractivity contribution in [2.45, 2.75) is 77.7 Å². The van der Waals surface area contributed by atoms with Crippen LogP contribution in [-0.2, 0) is 4.79 Å². The molecule has 0 aromatic heterocycles. The fourth-order valence-corrected chi connectivity index (χ4v) is 4.05. The predicted octanol–water partition coefficient (Wildman–Crippen LogP) is 2.94. The zero-order chi connectivity index (χ0) is 17.3. The van der Waals surface area contributed by atoms with Gasteiger partial charge in [-0.15, -0.1) is 0 Å². The third kappa shape index (κ3) is 7.32. The number of unbranched alkanes of at least 4 members (excludes halogenated alkanes) is 1. The molecule has 0 amide bonds. The summed E-state index contributed by atoms with van der Waals surface area (Å²) in [6.45, 7) is 7.11. The van der Waals surface area contributed by atoms with Crippen LogP contribution >= 0.6 is 0 Å². The Morgan fingerprint density at radius 3 is 2.35 bits per heavy atom. The molecular weight excluding hydrogens is 286 g/mol. The molecule has 1 aliphatic heterocycles. The number of carbonyl (C=O) groups excluding carboxylic acids is 1. The Morgan fingerprint density at radius 2 is 1.91 bits per heavy atom. The Kier molecular flexibility index (Phi) is 9.33. The van der Waals surface area contributed by atoms with E-state index in [0.29, 0.717) is 17.2 Å². The van der Waals surface area contributed by atoms with Crippen molar-refractivity contribution in [3.05, 3.63) is 0 Å². The topological polar surface area (TPSA) is 72.4 Å². The van der Waals surface area contributed by atoms with Gasteiger partial charge in [-0.1, -0.05) is 13.3 Å². The molecule has 4 heteroatoms. The van der Waals surface area contributed by atoms with Crippen molar-refractivity contribution in [1.29, 1.82) is 0 Å². The summed E-state index contributed by atoms with van der Waals surface area (Å²) in [6.07, 6.45) is 10.8. The molecule has 23 heavy (non-hydrogen) atoms. The highest BCUT2D eigenvalue weighted by Gasteiger charge is 2.38. The van der Waals surface area contributed by atoms with Gasteiger partial charge in [0.25, 0.3) is 0 Å². The number of hydrogen-bond acceptors (Lipinski definition) is 4. The monoisotopic (exact) mass is 325 g/mol. The van der Waals surface area contributed by atoms with E-state index in [2.05, 4.69) is 18.9 Å². The zero-order valence-electron chi connectivity index (χ0n) is 15.7. The highest BCUT2D eigenvalue weighted by atomic mass is 16.1. The fraction of sp³-hybridized carbons (Fsp3) is 0.947. The van der Waals surface area contributed by atoms with Crippen LogP contribution in [0.3, 0.4) is 0 Å². The van der Waals surface area contributed by atoms with Crippen molar-refractivity contribution in [1.82, 2.24) is 4.90 Å². The summed E-state index contributed by atoms with van der Waals surface area (Å²) >= 11 is 0. The van der Waals surface area contributed by atoms with Crippen molar-refractivity contribution in [2.75, 3.05) is 26.7 Å². The molecule has 136 valence electrons. The molecule has 1 saturated carbocycles. The van der Waals surface area contributed by atoms with E-state index in [-0.39, 0.29) is 5.92 Å². The summed E-state index contributed by atoms with van der Waals surface area (Å²) in [4.78, 5) is 13.4. The second-order valence-electron chi connectivity index (χ2n) is 7.83. The molecule has 1 spiro atoms. The van der Waals surface area contributed by atoms with E-state index in [1.807, 2.05) is 0 Å². The van der Waals surface area contributed by atoms with Crippen LogP contribution in [0.15, 0.2) is 0 Å². The van der Waals surface area contributed by atoms with Gasteiger partial charge in [0.05, 0.1) is 0 Å². The number of nitrogens with zero attached hydrogens (tertiary/aromatic N) is 1. The molecule has 0 unspecified atom stereocenters. The standard InChI is InChI=1S/C10H20N2.C9H19NO/c1-12-7-6-10(8-12)4-2-9(11)3-5-10;1-3-9(8(2)11)6-4-5-7-10/h9H,2-8,11H2,1H3;9H,3-7,10H2,1-2H3/t;9-/m.1/s1. The molecule has 1 saturated heterocycles. The molecule has 0 aromatic carbocycles. The maximum Gasteiger partial charge on any atom is 0.132 e. The fourth-order valence-electron chi connectivity index (χ4n) is 4.05. The molecular formula is C19H39N3O. The third-order valence-electron chi connectivity index (χ3n) is 5.79. The summed E-state index contributed by atoms with van der Waals surface area (Å²) in [5, 5.41) is 0. The second kappa shape index (κ2) is 10.4. The second-order valence-corrected chi connectivity index (χ2v) is 7.83. The van der Waals surface area contributed by atoms with Crippen LogP contribution in [0.4, 0.5) is 0 Å². The maximum atomic E-state index is 10.9. The molecule has 1 aliphatic carbocycles. The highest BCUT2D eigenvalue weighted by Crippen LogP contribution is 2.42. The van der Waals surface area contributed by atoms with Gasteiger partial charge < -0.3 is 16.4 Å². The SMILES string of the molecule is CC[C@H](CCCCN)C(C)=O.CN1CCC2(CCC(N)CC2)C1. The van der Waals surface area contributed by atoms with Gasteiger partial charge in [-0.25, -0.2) is 0 Å². The first-order valence-electron chi connectivity index (χ1n) is 9.57. The lowest BCUT2D eigenvalue weighted by Crippen LogP contribution is -2.35. The minimum Gasteiger partial charge on any atom is -0.330 e. The van der Waals surface area contributed by atoms with E-state index < -0.39 is 0 Å². The van der Waals surface area contributed by atoms with E-state index in [4.69, 9.17) is 11.5 Å². The third-order valence-corrected chi connectivity index (χ3v) is 5.79.